The molecule has 0 spiro atoms. The number of nitrogens with zero attached hydrogens (tertiary/aromatic N) is 1. The molecule has 0 N–H and O–H groups in total. The molecule has 0 amide bonds. The van der Waals surface area contributed by atoms with Crippen molar-refractivity contribution in [3.8, 4) is 0 Å². The summed E-state index contributed by atoms with van der Waals surface area (Å²) in [6, 6.07) is 10.0. The van der Waals surface area contributed by atoms with Crippen LogP contribution in [0.2, 0.25) is 0 Å². The number of benzene rings is 1. The second-order valence-electron chi connectivity index (χ2n) is 5.85. The number of rotatable bonds is 4. The molecule has 104 valence electrons. The van der Waals surface area contributed by atoms with E-state index < -0.39 is 5.41 Å². The maximum Gasteiger partial charge on any atom is 0.131 e. The highest BCUT2D eigenvalue weighted by molar-refractivity contribution is 5.68. The average Bonchev–Trinajstić information content (AvgIpc) is 2.38. The summed E-state index contributed by atoms with van der Waals surface area (Å²) in [6.07, 6.45) is 1.54. The molecule has 1 aliphatic rings. The van der Waals surface area contributed by atoms with Gasteiger partial charge in [-0.3, -0.25) is 4.90 Å². The molecule has 0 saturated carbocycles. The summed E-state index contributed by atoms with van der Waals surface area (Å²) in [5.41, 5.74) is 0.634. The molecule has 3 atom stereocenters. The number of morpholine rings is 1. The summed E-state index contributed by atoms with van der Waals surface area (Å²) in [7, 11) is 0. The van der Waals surface area contributed by atoms with Crippen molar-refractivity contribution in [2.45, 2.75) is 38.4 Å². The van der Waals surface area contributed by atoms with Crippen molar-refractivity contribution in [3.05, 3.63) is 35.9 Å². The maximum atomic E-state index is 11.6. The molecule has 0 aromatic heterocycles. The van der Waals surface area contributed by atoms with Gasteiger partial charge >= 0.3 is 0 Å². The van der Waals surface area contributed by atoms with Gasteiger partial charge in [0.2, 0.25) is 0 Å². The summed E-state index contributed by atoms with van der Waals surface area (Å²) in [6.45, 7) is 8.72. The van der Waals surface area contributed by atoms with Crippen molar-refractivity contribution in [2.75, 3.05) is 19.6 Å². The predicted molar refractivity (Wildman–Crippen MR) is 76.3 cm³/mol. The van der Waals surface area contributed by atoms with E-state index in [1.807, 2.05) is 37.3 Å². The minimum atomic E-state index is -0.446. The van der Waals surface area contributed by atoms with Crippen LogP contribution in [-0.2, 0) is 14.9 Å². The van der Waals surface area contributed by atoms with E-state index in [2.05, 4.69) is 18.7 Å². The first-order valence-electron chi connectivity index (χ1n) is 6.93. The van der Waals surface area contributed by atoms with Gasteiger partial charge in [0, 0.05) is 19.6 Å². The van der Waals surface area contributed by atoms with Crippen LogP contribution in [0.5, 0.6) is 0 Å². The maximum absolute atomic E-state index is 11.6. The van der Waals surface area contributed by atoms with Crippen LogP contribution in [-0.4, -0.2) is 43.0 Å². The van der Waals surface area contributed by atoms with Gasteiger partial charge in [0.25, 0.3) is 0 Å². The molecule has 0 bridgehead atoms. The predicted octanol–water partition coefficient (Wildman–Crippen LogP) is 2.25. The third-order valence-electron chi connectivity index (χ3n) is 3.74. The normalized spacial score (nSPS) is 27.7. The zero-order valence-electron chi connectivity index (χ0n) is 12.0. The van der Waals surface area contributed by atoms with E-state index in [0.717, 1.165) is 31.5 Å². The van der Waals surface area contributed by atoms with Gasteiger partial charge in [-0.15, -0.1) is 0 Å². The van der Waals surface area contributed by atoms with Gasteiger partial charge in [-0.1, -0.05) is 30.3 Å². The largest absolute Gasteiger partial charge is 0.373 e. The van der Waals surface area contributed by atoms with Crippen LogP contribution in [0.15, 0.2) is 30.3 Å². The van der Waals surface area contributed by atoms with Crippen LogP contribution in [0.25, 0.3) is 0 Å². The molecule has 19 heavy (non-hydrogen) atoms. The Morgan fingerprint density at radius 3 is 2.37 bits per heavy atom. The third-order valence-corrected chi connectivity index (χ3v) is 3.74. The SMILES string of the molecule is C[C@@H]1CN(CC(C)(C=O)c2ccccc2)C[C@H](C)O1. The summed E-state index contributed by atoms with van der Waals surface area (Å²) < 4.78 is 5.74. The zero-order chi connectivity index (χ0) is 13.9. The van der Waals surface area contributed by atoms with E-state index in [0.29, 0.717) is 0 Å². The fraction of sp³-hybridized carbons (Fsp3) is 0.562. The molecule has 1 heterocycles. The molecular weight excluding hydrogens is 238 g/mol. The summed E-state index contributed by atoms with van der Waals surface area (Å²) in [5, 5.41) is 0. The van der Waals surface area contributed by atoms with E-state index in [-0.39, 0.29) is 12.2 Å². The van der Waals surface area contributed by atoms with Crippen molar-refractivity contribution in [2.24, 2.45) is 0 Å². The Hall–Kier alpha value is -1.19. The zero-order valence-corrected chi connectivity index (χ0v) is 12.0. The standard InChI is InChI=1S/C16H23NO2/c1-13-9-17(10-14(2)19-13)11-16(3,12-18)15-7-5-4-6-8-15/h4-8,12-14H,9-11H2,1-3H3/t13-,14+,16?. The Kier molecular flexibility index (Phi) is 4.38. The molecule has 1 aliphatic heterocycles. The number of aldehydes is 1. The molecule has 0 aliphatic carbocycles. The monoisotopic (exact) mass is 261 g/mol. The molecule has 3 nitrogen and oxygen atoms in total. The van der Waals surface area contributed by atoms with Crippen LogP contribution in [0.4, 0.5) is 0 Å². The highest BCUT2D eigenvalue weighted by Crippen LogP contribution is 2.24. The quantitative estimate of drug-likeness (QED) is 0.779. The Morgan fingerprint density at radius 1 is 1.26 bits per heavy atom. The molecule has 1 saturated heterocycles. The van der Waals surface area contributed by atoms with Crippen LogP contribution in [0.3, 0.4) is 0 Å². The van der Waals surface area contributed by atoms with Gasteiger partial charge < -0.3 is 9.53 Å². The molecule has 2 rings (SSSR count). The third kappa shape index (κ3) is 3.43. The number of hydrogen-bond acceptors (Lipinski definition) is 3. The first kappa shape index (κ1) is 14.2. The lowest BCUT2D eigenvalue weighted by Gasteiger charge is -2.39. The average molecular weight is 261 g/mol. The molecule has 1 unspecified atom stereocenters. The molecule has 3 heteroatoms. The Labute approximate surface area is 115 Å². The molecule has 1 fully saturated rings. The van der Waals surface area contributed by atoms with E-state index in [9.17, 15) is 4.79 Å². The van der Waals surface area contributed by atoms with Crippen LogP contribution in [0.1, 0.15) is 26.3 Å². The van der Waals surface area contributed by atoms with Crippen molar-refractivity contribution in [1.82, 2.24) is 4.90 Å². The molecule has 0 radical (unpaired) electrons. The van der Waals surface area contributed by atoms with Gasteiger partial charge in [-0.25, -0.2) is 0 Å². The van der Waals surface area contributed by atoms with E-state index >= 15 is 0 Å². The van der Waals surface area contributed by atoms with Gasteiger partial charge in [0.1, 0.15) is 6.29 Å². The van der Waals surface area contributed by atoms with E-state index in [1.54, 1.807) is 0 Å². The first-order chi connectivity index (χ1) is 9.03. The highest BCUT2D eigenvalue weighted by Gasteiger charge is 2.32. The Balaban J connectivity index is 2.12. The van der Waals surface area contributed by atoms with Crippen molar-refractivity contribution in [1.29, 1.82) is 0 Å². The molecule has 1 aromatic carbocycles. The molecular formula is C16H23NO2. The Morgan fingerprint density at radius 2 is 1.84 bits per heavy atom. The summed E-state index contributed by atoms with van der Waals surface area (Å²) in [4.78, 5) is 13.9. The van der Waals surface area contributed by atoms with Gasteiger partial charge in [-0.05, 0) is 26.3 Å². The minimum absolute atomic E-state index is 0.232. The van der Waals surface area contributed by atoms with E-state index in [4.69, 9.17) is 4.74 Å². The fourth-order valence-electron chi connectivity index (χ4n) is 2.89. The second kappa shape index (κ2) is 5.85. The van der Waals surface area contributed by atoms with Crippen LogP contribution < -0.4 is 0 Å². The second-order valence-corrected chi connectivity index (χ2v) is 5.85. The number of carbonyl (C=O) groups excluding carboxylic acids is 1. The topological polar surface area (TPSA) is 29.5 Å². The van der Waals surface area contributed by atoms with Crippen LogP contribution >= 0.6 is 0 Å². The lowest BCUT2D eigenvalue weighted by atomic mass is 9.83. The lowest BCUT2D eigenvalue weighted by molar-refractivity contribution is -0.115. The summed E-state index contributed by atoms with van der Waals surface area (Å²) in [5.74, 6) is 0. The van der Waals surface area contributed by atoms with Gasteiger partial charge in [-0.2, -0.15) is 0 Å². The number of ether oxygens (including phenoxy) is 1. The van der Waals surface area contributed by atoms with E-state index in [1.165, 1.54) is 0 Å². The van der Waals surface area contributed by atoms with Crippen molar-refractivity contribution >= 4 is 6.29 Å². The Bertz CT molecular complexity index is 410. The first-order valence-corrected chi connectivity index (χ1v) is 6.93. The van der Waals surface area contributed by atoms with Crippen molar-refractivity contribution < 1.29 is 9.53 Å². The highest BCUT2D eigenvalue weighted by atomic mass is 16.5. The van der Waals surface area contributed by atoms with Gasteiger partial charge in [0.05, 0.1) is 17.6 Å². The van der Waals surface area contributed by atoms with Crippen molar-refractivity contribution in [3.63, 3.8) is 0 Å². The molecule has 1 aromatic rings. The summed E-state index contributed by atoms with van der Waals surface area (Å²) >= 11 is 0. The fourth-order valence-corrected chi connectivity index (χ4v) is 2.89. The minimum Gasteiger partial charge on any atom is -0.373 e. The van der Waals surface area contributed by atoms with Gasteiger partial charge in [0.15, 0.2) is 0 Å². The lowest BCUT2D eigenvalue weighted by Crippen LogP contribution is -2.50. The number of carbonyl (C=O) groups is 1. The van der Waals surface area contributed by atoms with Crippen LogP contribution in [0, 0.1) is 0 Å². The smallest absolute Gasteiger partial charge is 0.131 e. The number of hydrogen-bond donors (Lipinski definition) is 0.